The van der Waals surface area contributed by atoms with Crippen molar-refractivity contribution in [1.82, 2.24) is 9.88 Å². The maximum atomic E-state index is 12.3. The van der Waals surface area contributed by atoms with Gasteiger partial charge in [0.25, 0.3) is 0 Å². The van der Waals surface area contributed by atoms with E-state index >= 15 is 0 Å². The van der Waals surface area contributed by atoms with E-state index in [1.807, 2.05) is 12.1 Å². The molecular weight excluding hydrogens is 200 g/mol. The summed E-state index contributed by atoms with van der Waals surface area (Å²) in [5, 5.41) is 0. The molecular formula is C13H16N2O. The highest BCUT2D eigenvalue weighted by Crippen LogP contribution is 2.34. The minimum Gasteiger partial charge on any atom is -0.303 e. The van der Waals surface area contributed by atoms with Crippen molar-refractivity contribution >= 4 is 5.78 Å². The predicted octanol–water partition coefficient (Wildman–Crippen LogP) is 1.61. The normalized spacial score (nSPS) is 32.6. The van der Waals surface area contributed by atoms with Crippen molar-refractivity contribution in [3.63, 3.8) is 0 Å². The number of aromatic nitrogens is 1. The van der Waals surface area contributed by atoms with Gasteiger partial charge in [-0.2, -0.15) is 0 Å². The summed E-state index contributed by atoms with van der Waals surface area (Å²) >= 11 is 0. The second-order valence-electron chi connectivity index (χ2n) is 4.85. The van der Waals surface area contributed by atoms with E-state index in [1.54, 1.807) is 12.4 Å². The molecule has 3 aliphatic heterocycles. The minimum atomic E-state index is 0.215. The molecule has 0 aliphatic carbocycles. The number of nitrogens with zero attached hydrogens (tertiary/aromatic N) is 2. The van der Waals surface area contributed by atoms with E-state index in [0.29, 0.717) is 11.7 Å². The van der Waals surface area contributed by atoms with Crippen molar-refractivity contribution in [3.05, 3.63) is 30.1 Å². The monoisotopic (exact) mass is 216 g/mol. The average molecular weight is 216 g/mol. The summed E-state index contributed by atoms with van der Waals surface area (Å²) in [5.41, 5.74) is 0.779. The van der Waals surface area contributed by atoms with Crippen LogP contribution >= 0.6 is 0 Å². The van der Waals surface area contributed by atoms with Gasteiger partial charge in [0.1, 0.15) is 0 Å². The SMILES string of the molecule is O=C(c1cccnc1)C1CN2CCC1CC2. The van der Waals surface area contributed by atoms with Crippen LogP contribution in [0.4, 0.5) is 0 Å². The van der Waals surface area contributed by atoms with Gasteiger partial charge < -0.3 is 4.90 Å². The zero-order valence-electron chi connectivity index (χ0n) is 9.30. The first kappa shape index (κ1) is 9.97. The molecule has 0 N–H and O–H groups in total. The Kier molecular flexibility index (Phi) is 2.48. The number of carbonyl (C=O) groups is 1. The fourth-order valence-electron chi connectivity index (χ4n) is 2.98. The third kappa shape index (κ3) is 1.65. The van der Waals surface area contributed by atoms with Gasteiger partial charge in [-0.3, -0.25) is 9.78 Å². The molecule has 3 aliphatic rings. The van der Waals surface area contributed by atoms with Crippen LogP contribution < -0.4 is 0 Å². The smallest absolute Gasteiger partial charge is 0.169 e. The Labute approximate surface area is 95.5 Å². The first-order valence-electron chi connectivity index (χ1n) is 6.01. The summed E-state index contributed by atoms with van der Waals surface area (Å²) in [4.78, 5) is 18.8. The lowest BCUT2D eigenvalue weighted by atomic mass is 9.76. The number of ketones is 1. The largest absolute Gasteiger partial charge is 0.303 e. The van der Waals surface area contributed by atoms with E-state index in [-0.39, 0.29) is 5.92 Å². The van der Waals surface area contributed by atoms with Crippen LogP contribution in [0.3, 0.4) is 0 Å². The topological polar surface area (TPSA) is 33.2 Å². The molecule has 1 atom stereocenters. The van der Waals surface area contributed by atoms with Gasteiger partial charge in [-0.25, -0.2) is 0 Å². The summed E-state index contributed by atoms with van der Waals surface area (Å²) < 4.78 is 0. The van der Waals surface area contributed by atoms with Crippen molar-refractivity contribution in [2.24, 2.45) is 11.8 Å². The maximum absolute atomic E-state index is 12.3. The summed E-state index contributed by atoms with van der Waals surface area (Å²) in [6.07, 6.45) is 5.79. The molecule has 16 heavy (non-hydrogen) atoms. The van der Waals surface area contributed by atoms with Gasteiger partial charge in [0.05, 0.1) is 0 Å². The van der Waals surface area contributed by atoms with E-state index < -0.39 is 0 Å². The zero-order valence-corrected chi connectivity index (χ0v) is 9.30. The Morgan fingerprint density at radius 3 is 2.75 bits per heavy atom. The lowest BCUT2D eigenvalue weighted by Gasteiger charge is -2.44. The van der Waals surface area contributed by atoms with Crippen LogP contribution in [-0.4, -0.2) is 35.3 Å². The molecule has 4 rings (SSSR count). The molecule has 0 amide bonds. The molecule has 0 saturated carbocycles. The minimum absolute atomic E-state index is 0.215. The van der Waals surface area contributed by atoms with Crippen molar-refractivity contribution in [3.8, 4) is 0 Å². The molecule has 1 aromatic heterocycles. The number of carbonyl (C=O) groups excluding carboxylic acids is 1. The third-order valence-electron chi connectivity index (χ3n) is 3.94. The second kappa shape index (κ2) is 3.98. The third-order valence-corrected chi connectivity index (χ3v) is 3.94. The molecule has 0 aromatic carbocycles. The highest BCUT2D eigenvalue weighted by atomic mass is 16.1. The molecule has 4 heterocycles. The van der Waals surface area contributed by atoms with E-state index in [4.69, 9.17) is 0 Å². The van der Waals surface area contributed by atoms with Gasteiger partial charge in [-0.05, 0) is 44.0 Å². The second-order valence-corrected chi connectivity index (χ2v) is 4.85. The van der Waals surface area contributed by atoms with Crippen LogP contribution in [-0.2, 0) is 0 Å². The standard InChI is InChI=1S/C13H16N2O/c16-13(11-2-1-5-14-8-11)12-9-15-6-3-10(12)4-7-15/h1-2,5,8,10,12H,3-4,6-7,9H2. The molecule has 84 valence electrons. The summed E-state index contributed by atoms with van der Waals surface area (Å²) in [6, 6.07) is 3.72. The number of rotatable bonds is 2. The van der Waals surface area contributed by atoms with E-state index in [0.717, 1.165) is 12.1 Å². The number of piperidine rings is 3. The average Bonchev–Trinajstić information content (AvgIpc) is 2.40. The number of hydrogen-bond donors (Lipinski definition) is 0. The van der Waals surface area contributed by atoms with Gasteiger partial charge >= 0.3 is 0 Å². The molecule has 0 spiro atoms. The fraction of sp³-hybridized carbons (Fsp3) is 0.538. The van der Waals surface area contributed by atoms with Crippen molar-refractivity contribution in [1.29, 1.82) is 0 Å². The van der Waals surface area contributed by atoms with Gasteiger partial charge in [-0.1, -0.05) is 0 Å². The highest BCUT2D eigenvalue weighted by Gasteiger charge is 2.38. The maximum Gasteiger partial charge on any atom is 0.169 e. The quantitative estimate of drug-likeness (QED) is 0.704. The van der Waals surface area contributed by atoms with Crippen molar-refractivity contribution < 1.29 is 4.79 Å². The van der Waals surface area contributed by atoms with Gasteiger partial charge in [-0.15, -0.1) is 0 Å². The van der Waals surface area contributed by atoms with Crippen LogP contribution in [0.25, 0.3) is 0 Å². The molecule has 3 fully saturated rings. The number of Topliss-reactive ketones (excluding diaryl/α,β-unsaturated/α-hetero) is 1. The molecule has 3 heteroatoms. The van der Waals surface area contributed by atoms with Crippen LogP contribution in [0.15, 0.2) is 24.5 Å². The van der Waals surface area contributed by atoms with Crippen LogP contribution in [0.1, 0.15) is 23.2 Å². The Morgan fingerprint density at radius 2 is 2.19 bits per heavy atom. The number of pyridine rings is 1. The van der Waals surface area contributed by atoms with E-state index in [9.17, 15) is 4.79 Å². The van der Waals surface area contributed by atoms with Gasteiger partial charge in [0.2, 0.25) is 0 Å². The summed E-state index contributed by atoms with van der Waals surface area (Å²) in [7, 11) is 0. The van der Waals surface area contributed by atoms with Crippen LogP contribution in [0.5, 0.6) is 0 Å². The van der Waals surface area contributed by atoms with Gasteiger partial charge in [0.15, 0.2) is 5.78 Å². The lowest BCUT2D eigenvalue weighted by Crippen LogP contribution is -2.50. The lowest BCUT2D eigenvalue weighted by molar-refractivity contribution is 0.0418. The Bertz CT molecular complexity index is 382. The van der Waals surface area contributed by atoms with Crippen LogP contribution in [0.2, 0.25) is 0 Å². The fourth-order valence-corrected chi connectivity index (χ4v) is 2.98. The predicted molar refractivity (Wildman–Crippen MR) is 61.2 cm³/mol. The molecule has 1 unspecified atom stereocenters. The van der Waals surface area contributed by atoms with Crippen molar-refractivity contribution in [2.45, 2.75) is 12.8 Å². The molecule has 2 bridgehead atoms. The summed E-state index contributed by atoms with van der Waals surface area (Å²) in [6.45, 7) is 3.32. The first-order valence-corrected chi connectivity index (χ1v) is 6.01. The van der Waals surface area contributed by atoms with Gasteiger partial charge in [0, 0.05) is 30.4 Å². The van der Waals surface area contributed by atoms with Crippen LogP contribution in [0, 0.1) is 11.8 Å². The number of hydrogen-bond acceptors (Lipinski definition) is 3. The first-order chi connectivity index (χ1) is 7.84. The Balaban J connectivity index is 1.81. The molecule has 0 radical (unpaired) electrons. The molecule has 3 nitrogen and oxygen atoms in total. The zero-order chi connectivity index (χ0) is 11.0. The Morgan fingerprint density at radius 1 is 1.38 bits per heavy atom. The summed E-state index contributed by atoms with van der Waals surface area (Å²) in [5.74, 6) is 1.12. The molecule has 3 saturated heterocycles. The number of fused-ring (bicyclic) bond motifs is 3. The highest BCUT2D eigenvalue weighted by molar-refractivity contribution is 5.98. The van der Waals surface area contributed by atoms with Crippen molar-refractivity contribution in [2.75, 3.05) is 19.6 Å². The Hall–Kier alpha value is -1.22. The van der Waals surface area contributed by atoms with E-state index in [1.165, 1.54) is 25.9 Å². The molecule has 1 aromatic rings. The van der Waals surface area contributed by atoms with E-state index in [2.05, 4.69) is 9.88 Å².